The van der Waals surface area contributed by atoms with Crippen LogP contribution in [0.4, 0.5) is 0 Å². The molecule has 0 radical (unpaired) electrons. The maximum Gasteiger partial charge on any atom is 0.225 e. The van der Waals surface area contributed by atoms with E-state index in [1.165, 1.54) is 24.8 Å². The zero-order chi connectivity index (χ0) is 17.4. The summed E-state index contributed by atoms with van der Waals surface area (Å²) in [6.45, 7) is 4.17. The highest BCUT2D eigenvalue weighted by molar-refractivity contribution is 5.79. The van der Waals surface area contributed by atoms with Crippen LogP contribution < -0.4 is 5.73 Å². The van der Waals surface area contributed by atoms with E-state index in [9.17, 15) is 4.79 Å². The molecule has 3 aliphatic rings. The van der Waals surface area contributed by atoms with Gasteiger partial charge in [-0.1, -0.05) is 43.7 Å². The first kappa shape index (κ1) is 17.1. The number of hydrogen-bond acceptors (Lipinski definition) is 2. The van der Waals surface area contributed by atoms with Crippen LogP contribution in [0.2, 0.25) is 0 Å². The lowest BCUT2D eigenvalue weighted by atomic mass is 9.64. The Labute approximate surface area is 152 Å². The number of benzene rings is 1. The summed E-state index contributed by atoms with van der Waals surface area (Å²) < 4.78 is 0. The van der Waals surface area contributed by atoms with Crippen molar-refractivity contribution in [3.05, 3.63) is 35.9 Å². The molecule has 1 aliphatic heterocycles. The Morgan fingerprint density at radius 1 is 1.08 bits per heavy atom. The van der Waals surface area contributed by atoms with E-state index in [2.05, 4.69) is 42.2 Å². The Morgan fingerprint density at radius 3 is 2.28 bits per heavy atom. The summed E-state index contributed by atoms with van der Waals surface area (Å²) in [7, 11) is 0. The average molecular weight is 341 g/mol. The lowest BCUT2D eigenvalue weighted by Crippen LogP contribution is -2.51. The third-order valence-corrected chi connectivity index (χ3v) is 7.41. The number of fused-ring (bicyclic) bond motifs is 2. The maximum atomic E-state index is 13.1. The molecule has 0 spiro atoms. The van der Waals surface area contributed by atoms with Crippen LogP contribution in [0.15, 0.2) is 30.3 Å². The summed E-state index contributed by atoms with van der Waals surface area (Å²) in [5, 5.41) is 0. The minimum atomic E-state index is 0.212. The normalized spacial score (nSPS) is 34.6. The van der Waals surface area contributed by atoms with Gasteiger partial charge in [-0.15, -0.1) is 0 Å². The number of carbonyl (C=O) groups excluding carboxylic acids is 1. The Bertz CT molecular complexity index is 592. The van der Waals surface area contributed by atoms with Crippen LogP contribution in [0.3, 0.4) is 0 Å². The van der Waals surface area contributed by atoms with Crippen LogP contribution in [0.1, 0.15) is 57.4 Å². The monoisotopic (exact) mass is 340 g/mol. The Kier molecular flexibility index (Phi) is 4.61. The number of hydrogen-bond donors (Lipinski definition) is 1. The zero-order valence-corrected chi connectivity index (χ0v) is 15.5. The first-order valence-electron chi connectivity index (χ1n) is 10.2. The van der Waals surface area contributed by atoms with Gasteiger partial charge < -0.3 is 10.6 Å². The molecule has 2 N–H and O–H groups in total. The van der Waals surface area contributed by atoms with Crippen molar-refractivity contribution in [3.8, 4) is 0 Å². The van der Waals surface area contributed by atoms with E-state index in [0.717, 1.165) is 38.8 Å². The fourth-order valence-electron chi connectivity index (χ4n) is 5.60. The second-order valence-corrected chi connectivity index (χ2v) is 8.95. The van der Waals surface area contributed by atoms with E-state index in [1.807, 2.05) is 0 Å². The fraction of sp³-hybridized carbons (Fsp3) is 0.682. The van der Waals surface area contributed by atoms with Gasteiger partial charge >= 0.3 is 0 Å². The molecule has 2 unspecified atom stereocenters. The van der Waals surface area contributed by atoms with Crippen molar-refractivity contribution >= 4 is 5.91 Å². The molecule has 2 atom stereocenters. The number of amides is 1. The Hall–Kier alpha value is -1.35. The molecule has 3 nitrogen and oxygen atoms in total. The number of rotatable bonds is 2. The molecule has 4 rings (SSSR count). The summed E-state index contributed by atoms with van der Waals surface area (Å²) >= 11 is 0. The molecule has 25 heavy (non-hydrogen) atoms. The summed E-state index contributed by atoms with van der Waals surface area (Å²) in [6.07, 6.45) is 7.97. The number of carbonyl (C=O) groups is 1. The highest BCUT2D eigenvalue weighted by Gasteiger charge is 2.42. The van der Waals surface area contributed by atoms with E-state index >= 15 is 0 Å². The van der Waals surface area contributed by atoms with E-state index in [1.54, 1.807) is 0 Å². The Balaban J connectivity index is 1.39. The van der Waals surface area contributed by atoms with Crippen molar-refractivity contribution in [1.82, 2.24) is 4.90 Å². The van der Waals surface area contributed by atoms with E-state index in [0.29, 0.717) is 23.8 Å². The standard InChI is InChI=1S/C22H32N2O/c1-22(19-8-3-2-4-9-19)10-12-24(13-11-22)21(25)18-14-16-6-5-7-17(15-18)20(16)23/h2-4,8-9,16-18,20H,5-7,10-15,23H2,1H3. The largest absolute Gasteiger partial charge is 0.342 e. The van der Waals surface area contributed by atoms with Gasteiger partial charge in [0.25, 0.3) is 0 Å². The summed E-state index contributed by atoms with van der Waals surface area (Å²) in [5.41, 5.74) is 8.03. The predicted molar refractivity (Wildman–Crippen MR) is 101 cm³/mol. The molecule has 3 heteroatoms. The highest BCUT2D eigenvalue weighted by atomic mass is 16.2. The number of piperidine rings is 1. The molecule has 1 saturated heterocycles. The van der Waals surface area contributed by atoms with Gasteiger partial charge in [0.05, 0.1) is 0 Å². The van der Waals surface area contributed by atoms with E-state index in [4.69, 9.17) is 5.73 Å². The van der Waals surface area contributed by atoms with Gasteiger partial charge in [0.15, 0.2) is 0 Å². The fourth-order valence-corrected chi connectivity index (χ4v) is 5.60. The average Bonchev–Trinajstić information content (AvgIpc) is 2.62. The highest BCUT2D eigenvalue weighted by Crippen LogP contribution is 2.43. The molecule has 2 saturated carbocycles. The van der Waals surface area contributed by atoms with Crippen molar-refractivity contribution in [2.45, 2.75) is 63.3 Å². The zero-order valence-electron chi connectivity index (χ0n) is 15.5. The lowest BCUT2D eigenvalue weighted by Gasteiger charge is -2.46. The van der Waals surface area contributed by atoms with Crippen molar-refractivity contribution in [2.75, 3.05) is 13.1 Å². The predicted octanol–water partition coefficient (Wildman–Crippen LogP) is 3.72. The van der Waals surface area contributed by atoms with Crippen LogP contribution in [-0.4, -0.2) is 29.9 Å². The van der Waals surface area contributed by atoms with Crippen LogP contribution in [0.25, 0.3) is 0 Å². The first-order chi connectivity index (χ1) is 12.1. The second kappa shape index (κ2) is 6.75. The quantitative estimate of drug-likeness (QED) is 0.892. The van der Waals surface area contributed by atoms with Crippen molar-refractivity contribution in [1.29, 1.82) is 0 Å². The van der Waals surface area contributed by atoms with Gasteiger partial charge in [-0.25, -0.2) is 0 Å². The van der Waals surface area contributed by atoms with E-state index < -0.39 is 0 Å². The van der Waals surface area contributed by atoms with Crippen molar-refractivity contribution in [3.63, 3.8) is 0 Å². The number of likely N-dealkylation sites (tertiary alicyclic amines) is 1. The SMILES string of the molecule is CC1(c2ccccc2)CCN(C(=O)C2CC3CCCC(C2)C3N)CC1. The van der Waals surface area contributed by atoms with Gasteiger partial charge in [-0.2, -0.15) is 0 Å². The molecule has 1 aromatic rings. The third-order valence-electron chi connectivity index (χ3n) is 7.41. The summed E-state index contributed by atoms with van der Waals surface area (Å²) in [5.74, 6) is 1.82. The van der Waals surface area contributed by atoms with Crippen LogP contribution >= 0.6 is 0 Å². The van der Waals surface area contributed by atoms with Gasteiger partial charge in [0.2, 0.25) is 5.91 Å². The molecule has 136 valence electrons. The van der Waals surface area contributed by atoms with Crippen LogP contribution in [0, 0.1) is 17.8 Å². The molecule has 1 aromatic carbocycles. The minimum Gasteiger partial charge on any atom is -0.342 e. The molecule has 1 heterocycles. The van der Waals surface area contributed by atoms with Gasteiger partial charge in [-0.05, 0) is 61.3 Å². The van der Waals surface area contributed by atoms with Crippen LogP contribution in [-0.2, 0) is 10.2 Å². The molecule has 2 aliphatic carbocycles. The minimum absolute atomic E-state index is 0.212. The van der Waals surface area contributed by atoms with E-state index in [-0.39, 0.29) is 11.3 Å². The van der Waals surface area contributed by atoms with Gasteiger partial charge in [0, 0.05) is 25.0 Å². The molecular formula is C22H32N2O. The second-order valence-electron chi connectivity index (χ2n) is 8.95. The number of nitrogens with two attached hydrogens (primary N) is 1. The number of nitrogens with zero attached hydrogens (tertiary/aromatic N) is 1. The topological polar surface area (TPSA) is 46.3 Å². The molecule has 3 fully saturated rings. The van der Waals surface area contributed by atoms with Crippen LogP contribution in [0.5, 0.6) is 0 Å². The Morgan fingerprint density at radius 2 is 1.68 bits per heavy atom. The van der Waals surface area contributed by atoms with Crippen molar-refractivity contribution in [2.24, 2.45) is 23.5 Å². The van der Waals surface area contributed by atoms with Gasteiger partial charge in [0.1, 0.15) is 0 Å². The first-order valence-corrected chi connectivity index (χ1v) is 10.2. The molecule has 0 aromatic heterocycles. The lowest BCUT2D eigenvalue weighted by molar-refractivity contribution is -0.140. The molecule has 1 amide bonds. The summed E-state index contributed by atoms with van der Waals surface area (Å²) in [4.78, 5) is 15.3. The van der Waals surface area contributed by atoms with Crippen molar-refractivity contribution < 1.29 is 4.79 Å². The molecule has 2 bridgehead atoms. The van der Waals surface area contributed by atoms with Gasteiger partial charge in [-0.3, -0.25) is 4.79 Å². The third kappa shape index (κ3) is 3.23. The smallest absolute Gasteiger partial charge is 0.225 e. The molecular weight excluding hydrogens is 308 g/mol. The summed E-state index contributed by atoms with van der Waals surface area (Å²) in [6, 6.07) is 11.2. The maximum absolute atomic E-state index is 13.1.